The molecule has 1 radical (unpaired) electrons. The second-order valence-corrected chi connectivity index (χ2v) is 7.92. The van der Waals surface area contributed by atoms with E-state index in [-0.39, 0.29) is 1.43 Å². The van der Waals surface area contributed by atoms with E-state index in [4.69, 9.17) is 9.42 Å². The Balaban J connectivity index is 0.00000243. The summed E-state index contributed by atoms with van der Waals surface area (Å²) in [4.78, 5) is 13.5. The summed E-state index contributed by atoms with van der Waals surface area (Å²) in [5, 5.41) is 0. The van der Waals surface area contributed by atoms with Gasteiger partial charge in [0.15, 0.2) is 0 Å². The first-order valence-electron chi connectivity index (χ1n) is 8.12. The first-order valence-corrected chi connectivity index (χ1v) is 10.5. The topological polar surface area (TPSA) is 47.4 Å². The lowest BCUT2D eigenvalue weighted by molar-refractivity contribution is 0.581. The lowest BCUT2D eigenvalue weighted by atomic mass is 10.1. The van der Waals surface area contributed by atoms with Gasteiger partial charge in [-0.15, -0.1) is 0 Å². The molecule has 0 amide bonds. The van der Waals surface area contributed by atoms with E-state index in [9.17, 15) is 0 Å². The predicted octanol–water partition coefficient (Wildman–Crippen LogP) is 4.70. The van der Waals surface area contributed by atoms with E-state index < -0.39 is 9.04 Å². The van der Waals surface area contributed by atoms with Gasteiger partial charge >= 0.3 is 1.43 Å². The van der Waals surface area contributed by atoms with Crippen molar-refractivity contribution in [2.45, 2.75) is 20.0 Å². The number of aromatic nitrogens is 2. The van der Waals surface area contributed by atoms with Crippen molar-refractivity contribution in [3.8, 4) is 5.75 Å². The zero-order chi connectivity index (χ0) is 17.6. The van der Waals surface area contributed by atoms with Crippen LogP contribution in [-0.4, -0.2) is 24.7 Å². The van der Waals surface area contributed by atoms with Gasteiger partial charge in [0, 0.05) is 18.0 Å². The Morgan fingerprint density at radius 2 is 1.88 bits per heavy atom. The molecule has 0 unspecified atom stereocenters. The Hall–Kier alpha value is -2.79. The predicted molar refractivity (Wildman–Crippen MR) is 104 cm³/mol. The van der Waals surface area contributed by atoms with Crippen LogP contribution in [-0.2, 0) is 0 Å². The summed E-state index contributed by atoms with van der Waals surface area (Å²) in [6, 6.07) is 16.1. The lowest BCUT2D eigenvalue weighted by Crippen LogP contribution is -2.12. The van der Waals surface area contributed by atoms with Crippen LogP contribution in [0.1, 0.15) is 18.2 Å². The molecule has 25 heavy (non-hydrogen) atoms. The van der Waals surface area contributed by atoms with E-state index in [0.717, 1.165) is 34.0 Å². The molecule has 0 N–H and O–H groups in total. The summed E-state index contributed by atoms with van der Waals surface area (Å²) >= 11 is 0. The minimum absolute atomic E-state index is 0. The molecule has 0 aliphatic rings. The fraction of sp³-hybridized carbons (Fsp3) is 0.150. The van der Waals surface area contributed by atoms with E-state index in [0.29, 0.717) is 0 Å². The monoisotopic (exact) mass is 347 g/mol. The third-order valence-electron chi connectivity index (χ3n) is 3.51. The first-order chi connectivity index (χ1) is 12.1. The molecule has 0 saturated carbocycles. The maximum absolute atomic E-state index is 6.06. The standard InChI is InChI=1S/C20H20N3OSi/c1-15-9-10-17(19(13-15)24-25(2)3)23-20(16-7-5-4-6-8-16)18-14-21-11-12-22-18/h4-14H,1-3H3/p+1. The quantitative estimate of drug-likeness (QED) is 0.496. The van der Waals surface area contributed by atoms with Crippen LogP contribution in [0, 0.1) is 6.92 Å². The summed E-state index contributed by atoms with van der Waals surface area (Å²) in [6.45, 7) is 6.28. The molecule has 125 valence electrons. The Morgan fingerprint density at radius 3 is 2.56 bits per heavy atom. The van der Waals surface area contributed by atoms with Gasteiger partial charge in [-0.05, 0) is 37.7 Å². The minimum atomic E-state index is -0.886. The smallest absolute Gasteiger partial charge is 0.541 e. The van der Waals surface area contributed by atoms with Crippen molar-refractivity contribution in [2.24, 2.45) is 4.99 Å². The number of hydrogen-bond donors (Lipinski definition) is 0. The van der Waals surface area contributed by atoms with Crippen molar-refractivity contribution in [3.63, 3.8) is 0 Å². The molecule has 4 nitrogen and oxygen atoms in total. The molecule has 0 atom stereocenters. The number of nitrogens with zero attached hydrogens (tertiary/aromatic N) is 3. The number of rotatable bonds is 5. The van der Waals surface area contributed by atoms with Crippen LogP contribution in [0.15, 0.2) is 72.1 Å². The van der Waals surface area contributed by atoms with Crippen molar-refractivity contribution in [2.75, 3.05) is 0 Å². The maximum atomic E-state index is 6.06. The zero-order valence-electron chi connectivity index (χ0n) is 15.6. The molecule has 1 heterocycles. The molecule has 0 spiro atoms. The number of benzene rings is 2. The molecule has 5 heteroatoms. The normalized spacial score (nSPS) is 11.6. The third kappa shape index (κ3) is 4.39. The van der Waals surface area contributed by atoms with Crippen LogP contribution in [0.5, 0.6) is 5.75 Å². The van der Waals surface area contributed by atoms with Gasteiger partial charge in [-0.1, -0.05) is 36.4 Å². The van der Waals surface area contributed by atoms with Crippen LogP contribution < -0.4 is 4.43 Å². The van der Waals surface area contributed by atoms with Crippen molar-refractivity contribution in [1.82, 2.24) is 9.97 Å². The Morgan fingerprint density at radius 1 is 1.08 bits per heavy atom. The van der Waals surface area contributed by atoms with Crippen molar-refractivity contribution >= 4 is 20.4 Å². The highest BCUT2D eigenvalue weighted by molar-refractivity contribution is 6.49. The molecular weight excluding hydrogens is 326 g/mol. The summed E-state index contributed by atoms with van der Waals surface area (Å²) in [5.41, 5.74) is 4.47. The summed E-state index contributed by atoms with van der Waals surface area (Å²) in [6.07, 6.45) is 5.07. The van der Waals surface area contributed by atoms with Crippen molar-refractivity contribution < 1.29 is 5.85 Å². The van der Waals surface area contributed by atoms with Gasteiger partial charge in [0.1, 0.15) is 17.1 Å². The highest BCUT2D eigenvalue weighted by atomic mass is 28.3. The fourth-order valence-corrected chi connectivity index (χ4v) is 3.03. The van der Waals surface area contributed by atoms with Crippen LogP contribution in [0.2, 0.25) is 13.1 Å². The summed E-state index contributed by atoms with van der Waals surface area (Å²) < 4.78 is 6.06. The molecule has 0 aliphatic carbocycles. The summed E-state index contributed by atoms with van der Waals surface area (Å²) in [5.74, 6) is 0.816. The van der Waals surface area contributed by atoms with Gasteiger partial charge in [0.2, 0.25) is 0 Å². The molecular formula is C20H21N3OSi+. The highest BCUT2D eigenvalue weighted by Gasteiger charge is 2.12. The average molecular weight is 347 g/mol. The fourth-order valence-electron chi connectivity index (χ4n) is 2.42. The number of hydrogen-bond acceptors (Lipinski definition) is 4. The average Bonchev–Trinajstić information content (AvgIpc) is 2.62. The summed E-state index contributed by atoms with van der Waals surface area (Å²) in [7, 11) is -0.886. The molecule has 3 aromatic rings. The largest absolute Gasteiger partial charge is 1.00 e. The maximum Gasteiger partial charge on any atom is 1.00 e. The highest BCUT2D eigenvalue weighted by Crippen LogP contribution is 2.30. The minimum Gasteiger partial charge on any atom is -0.541 e. The molecule has 0 fully saturated rings. The first kappa shape index (κ1) is 17.0. The van der Waals surface area contributed by atoms with E-state index in [1.165, 1.54) is 0 Å². The second kappa shape index (κ2) is 7.85. The van der Waals surface area contributed by atoms with E-state index in [2.05, 4.69) is 30.0 Å². The van der Waals surface area contributed by atoms with E-state index >= 15 is 0 Å². The molecule has 0 bridgehead atoms. The van der Waals surface area contributed by atoms with Crippen molar-refractivity contribution in [3.05, 3.63) is 83.9 Å². The van der Waals surface area contributed by atoms with Crippen molar-refractivity contribution in [1.29, 1.82) is 0 Å². The SMILES string of the molecule is Cc1ccc(N=C(c2ccccc2)c2cnccn2)c(O[Si](C)C)c1.[H+]. The van der Waals surface area contributed by atoms with Crippen LogP contribution in [0.3, 0.4) is 0 Å². The third-order valence-corrected chi connectivity index (χ3v) is 4.14. The van der Waals surface area contributed by atoms with Gasteiger partial charge in [0.25, 0.3) is 9.04 Å². The zero-order valence-corrected chi connectivity index (χ0v) is 15.6. The Bertz CT molecular complexity index is 829. The Kier molecular flexibility index (Phi) is 5.35. The Labute approximate surface area is 151 Å². The van der Waals surface area contributed by atoms with Gasteiger partial charge in [-0.2, -0.15) is 0 Å². The van der Waals surface area contributed by atoms with E-state index in [1.54, 1.807) is 18.6 Å². The lowest BCUT2D eigenvalue weighted by Gasteiger charge is -2.13. The molecule has 1 aromatic heterocycles. The van der Waals surface area contributed by atoms with Crippen LogP contribution in [0.25, 0.3) is 0 Å². The van der Waals surface area contributed by atoms with Gasteiger partial charge in [-0.3, -0.25) is 9.97 Å². The van der Waals surface area contributed by atoms with Gasteiger partial charge < -0.3 is 4.43 Å². The molecule has 2 aromatic carbocycles. The van der Waals surface area contributed by atoms with E-state index in [1.807, 2.05) is 48.5 Å². The second-order valence-electron chi connectivity index (χ2n) is 5.90. The van der Waals surface area contributed by atoms with Crippen LogP contribution in [0.4, 0.5) is 5.69 Å². The molecule has 3 rings (SSSR count). The van der Waals surface area contributed by atoms with Gasteiger partial charge in [0.05, 0.1) is 11.9 Å². The number of aryl methyl sites for hydroxylation is 1. The molecule has 0 aliphatic heterocycles. The van der Waals surface area contributed by atoms with Gasteiger partial charge in [-0.25, -0.2) is 4.99 Å². The number of aliphatic imine (C=N–C) groups is 1. The van der Waals surface area contributed by atoms with Crippen LogP contribution >= 0.6 is 0 Å². The molecule has 0 saturated heterocycles.